The Morgan fingerprint density at radius 1 is 1.43 bits per heavy atom. The van der Waals surface area contributed by atoms with Crippen molar-refractivity contribution in [2.24, 2.45) is 5.73 Å². The van der Waals surface area contributed by atoms with E-state index in [9.17, 15) is 10.1 Å². The number of rotatable bonds is 5. The van der Waals surface area contributed by atoms with E-state index < -0.39 is 5.91 Å². The van der Waals surface area contributed by atoms with Crippen LogP contribution in [0.1, 0.15) is 30.1 Å². The molecule has 112 valence electrons. The lowest BCUT2D eigenvalue weighted by Crippen LogP contribution is -2.50. The quantitative estimate of drug-likeness (QED) is 0.873. The predicted molar refractivity (Wildman–Crippen MR) is 80.8 cm³/mol. The van der Waals surface area contributed by atoms with Gasteiger partial charge in [-0.25, -0.2) is 4.98 Å². The Hall–Kier alpha value is -2.13. The molecule has 0 radical (unpaired) electrons. The molecule has 6 heteroatoms. The molecule has 2 rings (SSSR count). The van der Waals surface area contributed by atoms with Crippen molar-refractivity contribution in [2.75, 3.05) is 31.1 Å². The van der Waals surface area contributed by atoms with Gasteiger partial charge in [-0.15, -0.1) is 0 Å². The molecule has 1 fully saturated rings. The number of aromatic nitrogens is 1. The maximum absolute atomic E-state index is 11.0. The molecule has 1 atom stereocenters. The molecule has 1 aliphatic rings. The Morgan fingerprint density at radius 3 is 2.62 bits per heavy atom. The van der Waals surface area contributed by atoms with Crippen molar-refractivity contribution < 1.29 is 4.79 Å². The van der Waals surface area contributed by atoms with Crippen LogP contribution in [0.25, 0.3) is 0 Å². The van der Waals surface area contributed by atoms with Crippen LogP contribution < -0.4 is 10.6 Å². The van der Waals surface area contributed by atoms with Gasteiger partial charge in [-0.3, -0.25) is 9.69 Å². The number of amides is 1. The average molecular weight is 287 g/mol. The second-order valence-electron chi connectivity index (χ2n) is 5.23. The first-order valence-corrected chi connectivity index (χ1v) is 7.30. The standard InChI is InChI=1S/C15H21N5O/c1-2-3-13(10-16)19-6-8-20(9-7-19)14-5-4-12(11-18-14)15(17)21/h4-5,11,13H,2-3,6-9H2,1H3,(H2,17,21). The fourth-order valence-electron chi connectivity index (χ4n) is 2.58. The van der Waals surface area contributed by atoms with E-state index in [2.05, 4.69) is 27.8 Å². The van der Waals surface area contributed by atoms with Crippen molar-refractivity contribution in [2.45, 2.75) is 25.8 Å². The zero-order valence-corrected chi connectivity index (χ0v) is 12.3. The number of hydrogen-bond donors (Lipinski definition) is 1. The molecule has 0 spiro atoms. The highest BCUT2D eigenvalue weighted by Gasteiger charge is 2.23. The number of hydrogen-bond acceptors (Lipinski definition) is 5. The minimum Gasteiger partial charge on any atom is -0.366 e. The monoisotopic (exact) mass is 287 g/mol. The van der Waals surface area contributed by atoms with Gasteiger partial charge in [0.05, 0.1) is 17.7 Å². The molecule has 6 nitrogen and oxygen atoms in total. The second-order valence-corrected chi connectivity index (χ2v) is 5.23. The minimum atomic E-state index is -0.463. The van der Waals surface area contributed by atoms with Crippen LogP contribution in [-0.2, 0) is 0 Å². The summed E-state index contributed by atoms with van der Waals surface area (Å²) in [7, 11) is 0. The Kier molecular flexibility index (Phi) is 5.12. The van der Waals surface area contributed by atoms with E-state index in [0.717, 1.165) is 44.8 Å². The van der Waals surface area contributed by atoms with Crippen molar-refractivity contribution in [1.29, 1.82) is 5.26 Å². The van der Waals surface area contributed by atoms with Crippen LogP contribution >= 0.6 is 0 Å². The van der Waals surface area contributed by atoms with E-state index >= 15 is 0 Å². The van der Waals surface area contributed by atoms with Gasteiger partial charge in [-0.1, -0.05) is 13.3 Å². The Morgan fingerprint density at radius 2 is 2.14 bits per heavy atom. The molecule has 1 aromatic heterocycles. The SMILES string of the molecule is CCCC(C#N)N1CCN(c2ccc(C(N)=O)cn2)CC1. The van der Waals surface area contributed by atoms with Crippen molar-refractivity contribution in [3.63, 3.8) is 0 Å². The maximum atomic E-state index is 11.0. The van der Waals surface area contributed by atoms with Crippen LogP contribution in [0.4, 0.5) is 5.82 Å². The molecule has 21 heavy (non-hydrogen) atoms. The fraction of sp³-hybridized carbons (Fsp3) is 0.533. The topological polar surface area (TPSA) is 86.3 Å². The summed E-state index contributed by atoms with van der Waals surface area (Å²) in [4.78, 5) is 19.7. The predicted octanol–water partition coefficient (Wildman–Crippen LogP) is 0.995. The van der Waals surface area contributed by atoms with Gasteiger partial charge in [-0.05, 0) is 18.6 Å². The van der Waals surface area contributed by atoms with Crippen LogP contribution in [0.5, 0.6) is 0 Å². The lowest BCUT2D eigenvalue weighted by atomic mass is 10.1. The van der Waals surface area contributed by atoms with E-state index in [1.54, 1.807) is 6.07 Å². The third-order valence-corrected chi connectivity index (χ3v) is 3.82. The van der Waals surface area contributed by atoms with Gasteiger partial charge in [0.2, 0.25) is 5.91 Å². The van der Waals surface area contributed by atoms with Gasteiger partial charge in [0, 0.05) is 32.4 Å². The Balaban J connectivity index is 1.94. The third kappa shape index (κ3) is 3.70. The molecule has 0 bridgehead atoms. The van der Waals surface area contributed by atoms with Gasteiger partial charge < -0.3 is 10.6 Å². The number of piperazine rings is 1. The molecule has 1 aliphatic heterocycles. The zero-order valence-electron chi connectivity index (χ0n) is 12.3. The van der Waals surface area contributed by atoms with Crippen LogP contribution in [-0.4, -0.2) is 48.0 Å². The lowest BCUT2D eigenvalue weighted by Gasteiger charge is -2.37. The first-order valence-electron chi connectivity index (χ1n) is 7.30. The summed E-state index contributed by atoms with van der Waals surface area (Å²) in [5.74, 6) is 0.388. The smallest absolute Gasteiger partial charge is 0.250 e. The summed E-state index contributed by atoms with van der Waals surface area (Å²) in [6, 6.07) is 5.93. The van der Waals surface area contributed by atoms with Crippen LogP contribution in [0.15, 0.2) is 18.3 Å². The first kappa shape index (κ1) is 15.3. The zero-order chi connectivity index (χ0) is 15.2. The highest BCUT2D eigenvalue weighted by Crippen LogP contribution is 2.16. The van der Waals surface area contributed by atoms with Gasteiger partial charge in [0.1, 0.15) is 5.82 Å². The normalized spacial score (nSPS) is 17.2. The number of anilines is 1. The number of carbonyl (C=O) groups excluding carboxylic acids is 1. The number of nitrogens with zero attached hydrogens (tertiary/aromatic N) is 4. The minimum absolute atomic E-state index is 0.0161. The van der Waals surface area contributed by atoms with Crippen LogP contribution in [0, 0.1) is 11.3 Å². The molecule has 0 aliphatic carbocycles. The van der Waals surface area contributed by atoms with Crippen molar-refractivity contribution in [3.05, 3.63) is 23.9 Å². The van der Waals surface area contributed by atoms with Gasteiger partial charge in [0.15, 0.2) is 0 Å². The van der Waals surface area contributed by atoms with Crippen molar-refractivity contribution in [1.82, 2.24) is 9.88 Å². The molecule has 2 N–H and O–H groups in total. The number of nitriles is 1. The maximum Gasteiger partial charge on any atom is 0.250 e. The van der Waals surface area contributed by atoms with E-state index in [0.29, 0.717) is 5.56 Å². The van der Waals surface area contributed by atoms with Gasteiger partial charge in [0.25, 0.3) is 0 Å². The second kappa shape index (κ2) is 7.04. The molecule has 2 heterocycles. The summed E-state index contributed by atoms with van der Waals surface area (Å²) in [6.07, 6.45) is 3.45. The number of primary amides is 1. The summed E-state index contributed by atoms with van der Waals surface area (Å²) in [5, 5.41) is 9.21. The van der Waals surface area contributed by atoms with E-state index in [-0.39, 0.29) is 6.04 Å². The highest BCUT2D eigenvalue weighted by molar-refractivity contribution is 5.92. The molecule has 1 amide bonds. The average Bonchev–Trinajstić information content (AvgIpc) is 2.53. The highest BCUT2D eigenvalue weighted by atomic mass is 16.1. The molecule has 0 saturated carbocycles. The fourth-order valence-corrected chi connectivity index (χ4v) is 2.58. The number of pyridine rings is 1. The summed E-state index contributed by atoms with van der Waals surface area (Å²) >= 11 is 0. The summed E-state index contributed by atoms with van der Waals surface area (Å²) in [5.41, 5.74) is 5.63. The largest absolute Gasteiger partial charge is 0.366 e. The van der Waals surface area contributed by atoms with E-state index in [1.807, 2.05) is 6.07 Å². The van der Waals surface area contributed by atoms with E-state index in [1.165, 1.54) is 6.20 Å². The van der Waals surface area contributed by atoms with Gasteiger partial charge in [-0.2, -0.15) is 5.26 Å². The summed E-state index contributed by atoms with van der Waals surface area (Å²) in [6.45, 7) is 5.50. The molecule has 1 aromatic rings. The van der Waals surface area contributed by atoms with Crippen molar-refractivity contribution >= 4 is 11.7 Å². The molecule has 1 saturated heterocycles. The first-order chi connectivity index (χ1) is 10.2. The van der Waals surface area contributed by atoms with E-state index in [4.69, 9.17) is 5.73 Å². The Labute approximate surface area is 125 Å². The molecule has 1 unspecified atom stereocenters. The molecular weight excluding hydrogens is 266 g/mol. The Bertz CT molecular complexity index is 514. The lowest BCUT2D eigenvalue weighted by molar-refractivity contribution is 0.1000. The summed E-state index contributed by atoms with van der Waals surface area (Å²) < 4.78 is 0. The van der Waals surface area contributed by atoms with Gasteiger partial charge >= 0.3 is 0 Å². The van der Waals surface area contributed by atoms with Crippen molar-refractivity contribution in [3.8, 4) is 6.07 Å². The number of carbonyl (C=O) groups is 1. The third-order valence-electron chi connectivity index (χ3n) is 3.82. The molecule has 0 aromatic carbocycles. The van der Waals surface area contributed by atoms with Crippen LogP contribution in [0.2, 0.25) is 0 Å². The molecular formula is C15H21N5O. The number of nitrogens with two attached hydrogens (primary N) is 1. The van der Waals surface area contributed by atoms with Crippen LogP contribution in [0.3, 0.4) is 0 Å².